The average Bonchev–Trinajstić information content (AvgIpc) is 2.63. The van der Waals surface area contributed by atoms with Gasteiger partial charge in [0.2, 0.25) is 0 Å². The minimum Gasteiger partial charge on any atom is -0.507 e. The van der Waals surface area contributed by atoms with Crippen molar-refractivity contribution in [2.45, 2.75) is 0 Å². The lowest BCUT2D eigenvalue weighted by atomic mass is 10.0. The van der Waals surface area contributed by atoms with E-state index >= 15 is 0 Å². The van der Waals surface area contributed by atoms with Crippen molar-refractivity contribution in [3.8, 4) is 16.9 Å². The summed E-state index contributed by atoms with van der Waals surface area (Å²) in [6.45, 7) is 2.92. The molecule has 1 saturated heterocycles. The third-order valence-corrected chi connectivity index (χ3v) is 4.13. The Bertz CT molecular complexity index is 895. The Kier molecular flexibility index (Phi) is 3.74. The van der Waals surface area contributed by atoms with Crippen molar-refractivity contribution in [3.63, 3.8) is 0 Å². The predicted molar refractivity (Wildman–Crippen MR) is 89.6 cm³/mol. The Morgan fingerprint density at radius 2 is 1.88 bits per heavy atom. The summed E-state index contributed by atoms with van der Waals surface area (Å²) in [5.41, 5.74) is 2.61. The van der Waals surface area contributed by atoms with Gasteiger partial charge >= 0.3 is 0 Å². The van der Waals surface area contributed by atoms with Crippen molar-refractivity contribution in [2.75, 3.05) is 31.2 Å². The number of phenols is 1. The maximum absolute atomic E-state index is 13.5. The zero-order valence-electron chi connectivity index (χ0n) is 12.9. The Hall–Kier alpha value is -2.73. The van der Waals surface area contributed by atoms with Crippen LogP contribution in [-0.2, 0) is 4.74 Å². The molecule has 0 amide bonds. The number of aromatic nitrogens is 2. The zero-order valence-corrected chi connectivity index (χ0v) is 12.9. The molecule has 1 N–H and O–H groups in total. The molecule has 0 spiro atoms. The molecule has 0 saturated carbocycles. The lowest BCUT2D eigenvalue weighted by Gasteiger charge is -2.27. The maximum atomic E-state index is 13.5. The van der Waals surface area contributed by atoms with Crippen molar-refractivity contribution >= 4 is 16.9 Å². The molecule has 0 atom stereocenters. The number of morpholine rings is 1. The molecule has 1 fully saturated rings. The van der Waals surface area contributed by atoms with E-state index in [0.717, 1.165) is 24.4 Å². The molecule has 0 bridgehead atoms. The van der Waals surface area contributed by atoms with Crippen molar-refractivity contribution in [1.29, 1.82) is 0 Å². The first-order chi connectivity index (χ1) is 11.7. The summed E-state index contributed by atoms with van der Waals surface area (Å²) in [6, 6.07) is 9.35. The molecule has 5 nitrogen and oxygen atoms in total. The van der Waals surface area contributed by atoms with Gasteiger partial charge in [0.15, 0.2) is 0 Å². The quantitative estimate of drug-likeness (QED) is 0.785. The van der Waals surface area contributed by atoms with Crippen LogP contribution < -0.4 is 4.90 Å². The number of fused-ring (bicyclic) bond motifs is 1. The number of aromatic hydroxyl groups is 1. The van der Waals surface area contributed by atoms with Gasteiger partial charge in [0.25, 0.3) is 0 Å². The van der Waals surface area contributed by atoms with E-state index in [9.17, 15) is 9.50 Å². The number of halogens is 1. The van der Waals surface area contributed by atoms with Gasteiger partial charge in [0.1, 0.15) is 17.4 Å². The molecular formula is C18H16FN3O2. The molecule has 24 heavy (non-hydrogen) atoms. The van der Waals surface area contributed by atoms with Gasteiger partial charge in [0.05, 0.1) is 30.4 Å². The molecule has 3 aromatic rings. The van der Waals surface area contributed by atoms with Gasteiger partial charge < -0.3 is 14.7 Å². The molecule has 2 aromatic carbocycles. The number of benzene rings is 2. The second-order valence-corrected chi connectivity index (χ2v) is 5.69. The summed E-state index contributed by atoms with van der Waals surface area (Å²) < 4.78 is 18.9. The van der Waals surface area contributed by atoms with Gasteiger partial charge in [-0.25, -0.2) is 9.37 Å². The van der Waals surface area contributed by atoms with Gasteiger partial charge in [-0.2, -0.15) is 0 Å². The highest BCUT2D eigenvalue weighted by atomic mass is 19.1. The van der Waals surface area contributed by atoms with Crippen molar-refractivity contribution in [3.05, 3.63) is 48.4 Å². The number of ether oxygens (including phenoxy) is 1. The molecule has 0 radical (unpaired) electrons. The van der Waals surface area contributed by atoms with E-state index in [1.54, 1.807) is 12.3 Å². The second-order valence-electron chi connectivity index (χ2n) is 5.69. The first-order valence-electron chi connectivity index (χ1n) is 7.79. The Labute approximate surface area is 138 Å². The fourth-order valence-corrected chi connectivity index (χ4v) is 2.85. The van der Waals surface area contributed by atoms with Crippen LogP contribution in [0.1, 0.15) is 0 Å². The van der Waals surface area contributed by atoms with Gasteiger partial charge in [-0.3, -0.25) is 4.98 Å². The molecule has 1 aromatic heterocycles. The summed E-state index contributed by atoms with van der Waals surface area (Å²) in [6.07, 6.45) is 1.76. The highest BCUT2D eigenvalue weighted by Crippen LogP contribution is 2.31. The monoisotopic (exact) mass is 325 g/mol. The normalized spacial score (nSPS) is 15.0. The molecule has 4 rings (SSSR count). The number of anilines is 1. The van der Waals surface area contributed by atoms with Crippen LogP contribution in [0.2, 0.25) is 0 Å². The third-order valence-electron chi connectivity index (χ3n) is 4.13. The highest BCUT2D eigenvalue weighted by Gasteiger charge is 2.14. The second kappa shape index (κ2) is 6.05. The molecular weight excluding hydrogens is 309 g/mol. The number of hydrogen-bond acceptors (Lipinski definition) is 5. The van der Waals surface area contributed by atoms with E-state index in [1.807, 2.05) is 12.1 Å². The number of phenolic OH excluding ortho intramolecular Hbond substituents is 1. The number of hydrogen-bond donors (Lipinski definition) is 1. The van der Waals surface area contributed by atoms with E-state index < -0.39 is 5.82 Å². The zero-order chi connectivity index (χ0) is 16.5. The molecule has 122 valence electrons. The van der Waals surface area contributed by atoms with Crippen LogP contribution in [0.4, 0.5) is 10.2 Å². The lowest BCUT2D eigenvalue weighted by Crippen LogP contribution is -2.36. The highest BCUT2D eigenvalue weighted by molar-refractivity contribution is 5.83. The number of rotatable bonds is 2. The van der Waals surface area contributed by atoms with E-state index in [2.05, 4.69) is 14.9 Å². The maximum Gasteiger partial charge on any atom is 0.148 e. The van der Waals surface area contributed by atoms with Crippen LogP contribution in [0.5, 0.6) is 5.75 Å². The summed E-state index contributed by atoms with van der Waals surface area (Å²) in [5, 5.41) is 9.99. The van der Waals surface area contributed by atoms with Crippen molar-refractivity contribution in [1.82, 2.24) is 9.97 Å². The van der Waals surface area contributed by atoms with E-state index in [4.69, 9.17) is 4.74 Å². The van der Waals surface area contributed by atoms with E-state index in [0.29, 0.717) is 29.9 Å². The minimum absolute atomic E-state index is 0.0352. The SMILES string of the molecule is Oc1ccc(F)cc1-c1ccc2ncc(N3CCOCC3)nc2c1. The minimum atomic E-state index is -0.393. The van der Waals surface area contributed by atoms with Gasteiger partial charge in [-0.1, -0.05) is 6.07 Å². The van der Waals surface area contributed by atoms with E-state index in [-0.39, 0.29) is 5.75 Å². The number of nitrogens with zero attached hydrogens (tertiary/aromatic N) is 3. The molecule has 0 aliphatic carbocycles. The topological polar surface area (TPSA) is 58.5 Å². The molecule has 1 aliphatic heterocycles. The Morgan fingerprint density at radius 3 is 2.71 bits per heavy atom. The molecule has 6 heteroatoms. The predicted octanol–water partition coefficient (Wildman–Crippen LogP) is 2.98. The summed E-state index contributed by atoms with van der Waals surface area (Å²) in [4.78, 5) is 11.2. The Balaban J connectivity index is 1.77. The molecule has 2 heterocycles. The van der Waals surface area contributed by atoms with Crippen LogP contribution in [0, 0.1) is 5.82 Å². The van der Waals surface area contributed by atoms with E-state index in [1.165, 1.54) is 18.2 Å². The summed E-state index contributed by atoms with van der Waals surface area (Å²) >= 11 is 0. The van der Waals surface area contributed by atoms with Gasteiger partial charge in [0, 0.05) is 18.7 Å². The van der Waals surface area contributed by atoms with Crippen LogP contribution in [0.3, 0.4) is 0 Å². The smallest absolute Gasteiger partial charge is 0.148 e. The van der Waals surface area contributed by atoms with Crippen LogP contribution in [0.15, 0.2) is 42.6 Å². The standard InChI is InChI=1S/C18H16FN3O2/c19-13-2-4-17(23)14(10-13)12-1-3-15-16(9-12)21-18(11-20-15)22-5-7-24-8-6-22/h1-4,9-11,23H,5-8H2. The van der Waals surface area contributed by atoms with Crippen molar-refractivity contribution in [2.24, 2.45) is 0 Å². The first-order valence-corrected chi connectivity index (χ1v) is 7.79. The third kappa shape index (κ3) is 2.76. The average molecular weight is 325 g/mol. The lowest BCUT2D eigenvalue weighted by molar-refractivity contribution is 0.122. The fourth-order valence-electron chi connectivity index (χ4n) is 2.85. The van der Waals surface area contributed by atoms with Crippen LogP contribution >= 0.6 is 0 Å². The van der Waals surface area contributed by atoms with Gasteiger partial charge in [-0.05, 0) is 35.9 Å². The van der Waals surface area contributed by atoms with Crippen molar-refractivity contribution < 1.29 is 14.2 Å². The summed E-state index contributed by atoms with van der Waals surface area (Å²) in [7, 11) is 0. The van der Waals surface area contributed by atoms with Gasteiger partial charge in [-0.15, -0.1) is 0 Å². The largest absolute Gasteiger partial charge is 0.507 e. The summed E-state index contributed by atoms with van der Waals surface area (Å²) in [5.74, 6) is 0.440. The van der Waals surface area contributed by atoms with Crippen LogP contribution in [-0.4, -0.2) is 41.4 Å². The Morgan fingerprint density at radius 1 is 1.04 bits per heavy atom. The molecule has 1 aliphatic rings. The molecule has 0 unspecified atom stereocenters. The first kappa shape index (κ1) is 14.8. The fraction of sp³-hybridized carbons (Fsp3) is 0.222. The van der Waals surface area contributed by atoms with Crippen LogP contribution in [0.25, 0.3) is 22.2 Å².